The highest BCUT2D eigenvalue weighted by atomic mass is 32.1. The van der Waals surface area contributed by atoms with E-state index in [2.05, 4.69) is 194 Å². The Morgan fingerprint density at radius 3 is 2.13 bits per heavy atom. The van der Waals surface area contributed by atoms with Gasteiger partial charge in [0.15, 0.2) is 0 Å². The van der Waals surface area contributed by atoms with Gasteiger partial charge in [-0.25, -0.2) is 0 Å². The quantitative estimate of drug-likeness (QED) is 0.172. The Bertz CT molecular complexity index is 3020. The van der Waals surface area contributed by atoms with Crippen LogP contribution in [-0.4, -0.2) is 0 Å². The molecule has 1 heteroatoms. The highest BCUT2D eigenvalue weighted by Crippen LogP contribution is 2.51. The summed E-state index contributed by atoms with van der Waals surface area (Å²) in [6, 6.07) is 63.4. The molecule has 11 rings (SSSR count). The van der Waals surface area contributed by atoms with Crippen LogP contribution in [0.1, 0.15) is 28.2 Å². The third kappa shape index (κ3) is 4.89. The van der Waals surface area contributed by atoms with Crippen LogP contribution >= 0.6 is 11.3 Å². The third-order valence-electron chi connectivity index (χ3n) is 11.5. The minimum absolute atomic E-state index is 0.231. The molecule has 0 N–H and O–H groups in total. The van der Waals surface area contributed by atoms with Crippen molar-refractivity contribution in [1.29, 1.82) is 0 Å². The van der Waals surface area contributed by atoms with Gasteiger partial charge in [0, 0.05) is 32.0 Å². The van der Waals surface area contributed by atoms with Crippen molar-refractivity contribution >= 4 is 58.6 Å². The minimum Gasteiger partial charge on any atom is -0.135 e. The van der Waals surface area contributed by atoms with Gasteiger partial charge in [-0.3, -0.25) is 0 Å². The zero-order valence-corrected chi connectivity index (χ0v) is 29.9. The van der Waals surface area contributed by atoms with Crippen LogP contribution in [-0.2, 0) is 0 Å². The molecule has 2 atom stereocenters. The maximum Gasteiger partial charge on any atom is 0.0355 e. The van der Waals surface area contributed by atoms with Gasteiger partial charge in [-0.15, -0.1) is 11.3 Å². The summed E-state index contributed by atoms with van der Waals surface area (Å²) in [5, 5.41) is 7.76. The molecule has 8 aromatic carbocycles. The predicted octanol–water partition coefficient (Wildman–Crippen LogP) is 14.4. The SMILES string of the molecule is C1=CC2=C(c3cccc(-c4ccc5ccccc5c4-c4ccc5sc6ccccc6c5c4)c3)c3ccccc3C(c3ccc4ccccc4c3)C2C=C1. The molecule has 0 aliphatic heterocycles. The van der Waals surface area contributed by atoms with Gasteiger partial charge < -0.3 is 0 Å². The molecule has 0 bridgehead atoms. The summed E-state index contributed by atoms with van der Waals surface area (Å²) in [6.07, 6.45) is 9.23. The van der Waals surface area contributed by atoms with Crippen molar-refractivity contribution in [2.24, 2.45) is 5.92 Å². The van der Waals surface area contributed by atoms with E-state index in [1.54, 1.807) is 0 Å². The summed E-state index contributed by atoms with van der Waals surface area (Å²) in [5.74, 6) is 0.465. The number of benzene rings is 8. The van der Waals surface area contributed by atoms with Gasteiger partial charge in [0.05, 0.1) is 0 Å². The number of rotatable bonds is 4. The Balaban J connectivity index is 1.10. The Hall–Kier alpha value is -6.28. The van der Waals surface area contributed by atoms with E-state index < -0.39 is 0 Å². The molecular weight excluding hydrogens is 657 g/mol. The molecule has 0 radical (unpaired) electrons. The van der Waals surface area contributed by atoms with Gasteiger partial charge in [-0.05, 0) is 101 Å². The molecule has 2 unspecified atom stereocenters. The van der Waals surface area contributed by atoms with E-state index in [1.807, 2.05) is 11.3 Å². The summed E-state index contributed by atoms with van der Waals surface area (Å²) < 4.78 is 2.66. The number of hydrogen-bond donors (Lipinski definition) is 0. The Morgan fingerprint density at radius 1 is 0.434 bits per heavy atom. The second-order valence-corrected chi connectivity index (χ2v) is 15.5. The molecule has 1 heterocycles. The molecule has 2 aliphatic rings. The normalized spacial score (nSPS) is 16.5. The summed E-state index contributed by atoms with van der Waals surface area (Å²) in [4.78, 5) is 0. The van der Waals surface area contributed by atoms with Crippen LogP contribution < -0.4 is 0 Å². The first-order valence-corrected chi connectivity index (χ1v) is 19.3. The second-order valence-electron chi connectivity index (χ2n) is 14.4. The standard InChI is InChI=1S/C52H34S/c1-2-14-35-30-38(25-24-33(35)12-1)52-45-21-7-5-19-43(45)51(44-20-6-8-22-46(44)52)37-16-11-15-36(31-37)41-28-26-34-13-3-4-17-40(34)50(41)39-27-29-49-47(32-39)42-18-9-10-23-48(42)53-49/h1-32,45,52H. The third-order valence-corrected chi connectivity index (χ3v) is 12.6. The average molecular weight is 691 g/mol. The van der Waals surface area contributed by atoms with E-state index in [9.17, 15) is 0 Å². The first-order valence-electron chi connectivity index (χ1n) is 18.5. The van der Waals surface area contributed by atoms with E-state index in [0.29, 0.717) is 0 Å². The van der Waals surface area contributed by atoms with Crippen molar-refractivity contribution in [1.82, 2.24) is 0 Å². The van der Waals surface area contributed by atoms with Crippen molar-refractivity contribution < 1.29 is 0 Å². The van der Waals surface area contributed by atoms with Gasteiger partial charge in [0.1, 0.15) is 0 Å². The molecule has 0 nitrogen and oxygen atoms in total. The lowest BCUT2D eigenvalue weighted by Crippen LogP contribution is -2.22. The average Bonchev–Trinajstić information content (AvgIpc) is 3.60. The largest absolute Gasteiger partial charge is 0.135 e. The van der Waals surface area contributed by atoms with Crippen LogP contribution in [0.15, 0.2) is 200 Å². The van der Waals surface area contributed by atoms with Crippen LogP contribution in [0.5, 0.6) is 0 Å². The van der Waals surface area contributed by atoms with Crippen molar-refractivity contribution in [2.45, 2.75) is 5.92 Å². The first kappa shape index (κ1) is 30.4. The smallest absolute Gasteiger partial charge is 0.0355 e. The fourth-order valence-electron chi connectivity index (χ4n) is 9.10. The van der Waals surface area contributed by atoms with Crippen molar-refractivity contribution in [3.05, 3.63) is 222 Å². The monoisotopic (exact) mass is 690 g/mol. The van der Waals surface area contributed by atoms with Crippen LogP contribution in [0.4, 0.5) is 0 Å². The highest BCUT2D eigenvalue weighted by molar-refractivity contribution is 7.25. The number of hydrogen-bond acceptors (Lipinski definition) is 1. The van der Waals surface area contributed by atoms with E-state index >= 15 is 0 Å². The molecule has 0 saturated heterocycles. The lowest BCUT2D eigenvalue weighted by Gasteiger charge is -2.37. The Labute approximate surface area is 313 Å². The Kier molecular flexibility index (Phi) is 6.96. The molecule has 0 amide bonds. The van der Waals surface area contributed by atoms with E-state index in [-0.39, 0.29) is 11.8 Å². The van der Waals surface area contributed by atoms with Gasteiger partial charge in [-0.1, -0.05) is 170 Å². The lowest BCUT2D eigenvalue weighted by molar-refractivity contribution is 0.649. The van der Waals surface area contributed by atoms with Gasteiger partial charge in [0.2, 0.25) is 0 Å². The summed E-state index contributed by atoms with van der Waals surface area (Å²) in [7, 11) is 0. The molecule has 9 aromatic rings. The number of thiophene rings is 1. The molecular formula is C52H34S. The maximum atomic E-state index is 2.44. The van der Waals surface area contributed by atoms with E-state index in [1.165, 1.54) is 97.4 Å². The van der Waals surface area contributed by atoms with Crippen molar-refractivity contribution in [3.63, 3.8) is 0 Å². The Morgan fingerprint density at radius 2 is 1.19 bits per heavy atom. The van der Waals surface area contributed by atoms with Crippen LogP contribution in [0.25, 0.3) is 69.5 Å². The molecule has 0 saturated carbocycles. The maximum absolute atomic E-state index is 2.44. The van der Waals surface area contributed by atoms with Crippen LogP contribution in [0.2, 0.25) is 0 Å². The van der Waals surface area contributed by atoms with Crippen molar-refractivity contribution in [3.8, 4) is 22.3 Å². The molecule has 0 fully saturated rings. The zero-order chi connectivity index (χ0) is 34.9. The lowest BCUT2D eigenvalue weighted by atomic mass is 9.66. The van der Waals surface area contributed by atoms with Crippen molar-refractivity contribution in [2.75, 3.05) is 0 Å². The fourth-order valence-corrected chi connectivity index (χ4v) is 10.2. The topological polar surface area (TPSA) is 0 Å². The van der Waals surface area contributed by atoms with Crippen LogP contribution in [0, 0.1) is 5.92 Å². The summed E-state index contributed by atoms with van der Waals surface area (Å²) in [6.45, 7) is 0. The molecule has 53 heavy (non-hydrogen) atoms. The first-order chi connectivity index (χ1) is 26.3. The minimum atomic E-state index is 0.231. The molecule has 2 aliphatic carbocycles. The molecule has 0 spiro atoms. The highest BCUT2D eigenvalue weighted by Gasteiger charge is 2.35. The number of allylic oxidation sites excluding steroid dienone is 5. The zero-order valence-electron chi connectivity index (χ0n) is 29.0. The van der Waals surface area contributed by atoms with Gasteiger partial charge in [-0.2, -0.15) is 0 Å². The fraction of sp³-hybridized carbons (Fsp3) is 0.0385. The second kappa shape index (κ2) is 12.2. The van der Waals surface area contributed by atoms with Gasteiger partial charge >= 0.3 is 0 Å². The predicted molar refractivity (Wildman–Crippen MR) is 228 cm³/mol. The van der Waals surface area contributed by atoms with Gasteiger partial charge in [0.25, 0.3) is 0 Å². The summed E-state index contributed by atoms with van der Waals surface area (Å²) >= 11 is 1.87. The number of fused-ring (bicyclic) bond motifs is 7. The molecule has 1 aromatic heterocycles. The van der Waals surface area contributed by atoms with E-state index in [4.69, 9.17) is 0 Å². The van der Waals surface area contributed by atoms with Crippen LogP contribution in [0.3, 0.4) is 0 Å². The summed E-state index contributed by atoms with van der Waals surface area (Å²) in [5.41, 5.74) is 13.1. The molecule has 248 valence electrons. The van der Waals surface area contributed by atoms with E-state index in [0.717, 1.165) is 0 Å².